The first-order chi connectivity index (χ1) is 33.4. The van der Waals surface area contributed by atoms with Crippen LogP contribution < -0.4 is 22.2 Å². The van der Waals surface area contributed by atoms with Crippen LogP contribution in [0.4, 0.5) is 8.78 Å². The molecule has 16 nitrogen and oxygen atoms in total. The molecule has 0 radical (unpaired) electrons. The van der Waals surface area contributed by atoms with E-state index in [2.05, 4.69) is 29.9 Å². The third-order valence-corrected chi connectivity index (χ3v) is 13.4. The molecule has 6 aromatic heterocycles. The molecule has 0 saturated carbocycles. The van der Waals surface area contributed by atoms with Crippen LogP contribution in [-0.2, 0) is 23.6 Å². The van der Waals surface area contributed by atoms with Crippen molar-refractivity contribution in [3.05, 3.63) is 181 Å². The lowest BCUT2D eigenvalue weighted by molar-refractivity contribution is 0.00419. The van der Waals surface area contributed by atoms with E-state index in [1.165, 1.54) is 42.5 Å². The molecule has 0 N–H and O–H groups in total. The van der Waals surface area contributed by atoms with Gasteiger partial charge in [-0.15, -0.1) is 0 Å². The maximum Gasteiger partial charge on any atom is 0.278 e. The molecule has 0 spiro atoms. The zero-order valence-corrected chi connectivity index (χ0v) is 40.4. The summed E-state index contributed by atoms with van der Waals surface area (Å²) in [6, 6.07) is 15.0. The Kier molecular flexibility index (Phi) is 13.4. The quantitative estimate of drug-likeness (QED) is 0.158. The van der Waals surface area contributed by atoms with Crippen molar-refractivity contribution in [1.29, 1.82) is 0 Å². The molecule has 4 atom stereocenters. The fourth-order valence-corrected chi connectivity index (χ4v) is 9.06. The first kappa shape index (κ1) is 48.2. The van der Waals surface area contributed by atoms with Crippen LogP contribution in [-0.4, -0.2) is 61.4 Å². The third kappa shape index (κ3) is 9.43. The molecule has 2 fully saturated rings. The molecule has 10 rings (SSSR count). The van der Waals surface area contributed by atoms with Gasteiger partial charge in [-0.3, -0.25) is 28.3 Å². The number of hydrogen-bond acceptors (Lipinski definition) is 12. The van der Waals surface area contributed by atoms with Gasteiger partial charge in [-0.25, -0.2) is 38.7 Å². The van der Waals surface area contributed by atoms with E-state index in [4.69, 9.17) is 32.7 Å². The fraction of sp³-hybridized carbons (Fsp3) is 0.320. The zero-order valence-electron chi connectivity index (χ0n) is 38.9. The first-order valence-corrected chi connectivity index (χ1v) is 23.2. The van der Waals surface area contributed by atoms with Gasteiger partial charge in [-0.2, -0.15) is 0 Å². The van der Waals surface area contributed by atoms with E-state index in [-0.39, 0.29) is 90.6 Å². The molecule has 0 amide bonds. The van der Waals surface area contributed by atoms with Gasteiger partial charge in [-0.1, -0.05) is 23.2 Å². The van der Waals surface area contributed by atoms with Crippen LogP contribution in [0, 0.1) is 39.3 Å². The summed E-state index contributed by atoms with van der Waals surface area (Å²) in [5.41, 5.74) is 4.31. The highest BCUT2D eigenvalue weighted by molar-refractivity contribution is 6.30. The van der Waals surface area contributed by atoms with Crippen LogP contribution in [0.15, 0.2) is 92.2 Å². The Morgan fingerprint density at radius 1 is 0.543 bits per heavy atom. The molecular formula is C50H46Cl2F2N10O6. The average Bonchev–Trinajstić information content (AvgIpc) is 3.33. The van der Waals surface area contributed by atoms with E-state index in [1.54, 1.807) is 52.5 Å². The van der Waals surface area contributed by atoms with Gasteiger partial charge in [0.05, 0.1) is 46.4 Å². The summed E-state index contributed by atoms with van der Waals surface area (Å²) < 4.78 is 47.3. The summed E-state index contributed by atoms with van der Waals surface area (Å²) in [6.07, 6.45) is 4.64. The second-order valence-corrected chi connectivity index (χ2v) is 18.4. The SMILES string of the molecule is Cc1nc2nc(C3CCOC(c4ccn(C)c(=O)c4)C3)c(=O)n(-c3ccc(Cl)cc3F)c2nc1C.Cc1nc2nc([C@@H]3CCO[C@H](c4ccn(C)c(=O)c4)C3)c(=O)n(-c3ccc(Cl)cc3F)c2nc1C. The summed E-state index contributed by atoms with van der Waals surface area (Å²) in [7, 11) is 3.36. The molecule has 70 heavy (non-hydrogen) atoms. The number of benzene rings is 2. The summed E-state index contributed by atoms with van der Waals surface area (Å²) >= 11 is 11.9. The smallest absolute Gasteiger partial charge is 0.278 e. The number of aromatic nitrogens is 10. The monoisotopic (exact) mass is 990 g/mol. The summed E-state index contributed by atoms with van der Waals surface area (Å²) in [4.78, 5) is 79.2. The van der Waals surface area contributed by atoms with Crippen LogP contribution in [0.3, 0.4) is 0 Å². The van der Waals surface area contributed by atoms with Crippen LogP contribution in [0.5, 0.6) is 0 Å². The maximum atomic E-state index is 15.0. The van der Waals surface area contributed by atoms with E-state index in [1.807, 2.05) is 26.0 Å². The van der Waals surface area contributed by atoms with Gasteiger partial charge in [0.15, 0.2) is 22.6 Å². The molecule has 360 valence electrons. The minimum Gasteiger partial charge on any atom is -0.373 e. The van der Waals surface area contributed by atoms with Crippen LogP contribution in [0.1, 0.15) is 95.0 Å². The maximum absolute atomic E-state index is 15.0. The Labute approximate surface area is 408 Å². The van der Waals surface area contributed by atoms with Gasteiger partial charge >= 0.3 is 0 Å². The van der Waals surface area contributed by atoms with Gasteiger partial charge in [-0.05, 0) is 113 Å². The summed E-state index contributed by atoms with van der Waals surface area (Å²) in [5, 5.41) is 0.439. The zero-order chi connectivity index (χ0) is 49.7. The topological polar surface area (TPSA) is 184 Å². The highest BCUT2D eigenvalue weighted by atomic mass is 35.5. The predicted molar refractivity (Wildman–Crippen MR) is 259 cm³/mol. The Morgan fingerprint density at radius 2 is 0.929 bits per heavy atom. The van der Waals surface area contributed by atoms with Crippen molar-refractivity contribution in [2.75, 3.05) is 13.2 Å². The Bertz CT molecular complexity index is 3400. The number of pyridine rings is 2. The Morgan fingerprint density at radius 3 is 1.30 bits per heavy atom. The van der Waals surface area contributed by atoms with Gasteiger partial charge in [0, 0.05) is 73.7 Å². The summed E-state index contributed by atoms with van der Waals surface area (Å²) in [6.45, 7) is 7.94. The van der Waals surface area contributed by atoms with Crippen LogP contribution in [0.2, 0.25) is 10.0 Å². The average molecular weight is 992 g/mol. The first-order valence-electron chi connectivity index (χ1n) is 22.5. The van der Waals surface area contributed by atoms with Crippen molar-refractivity contribution < 1.29 is 18.3 Å². The largest absolute Gasteiger partial charge is 0.373 e. The molecule has 20 heteroatoms. The lowest BCUT2D eigenvalue weighted by Gasteiger charge is -2.29. The fourth-order valence-electron chi connectivity index (χ4n) is 8.74. The van der Waals surface area contributed by atoms with Crippen molar-refractivity contribution >= 4 is 45.8 Å². The van der Waals surface area contributed by atoms with Crippen molar-refractivity contribution in [1.82, 2.24) is 48.2 Å². The van der Waals surface area contributed by atoms with E-state index >= 15 is 0 Å². The standard InChI is InChI=1S/2C25H23ClFN5O3/c2*1-13-14(2)29-24-23(28-13)30-22(25(34)32(24)19-5-4-17(26)12-18(19)27)16-7-9-35-20(10-16)15-6-8-31(3)21(33)11-15/h2*4-6,8,11-12,16,20H,7,9-10H2,1-3H3/t16-,20+;/m1./s1. The Balaban J connectivity index is 0.000000174. The van der Waals surface area contributed by atoms with Crippen LogP contribution in [0.25, 0.3) is 34.0 Å². The van der Waals surface area contributed by atoms with Crippen molar-refractivity contribution in [2.24, 2.45) is 14.1 Å². The molecule has 8 heterocycles. The molecule has 2 aromatic carbocycles. The molecule has 2 aliphatic rings. The lowest BCUT2D eigenvalue weighted by Crippen LogP contribution is -2.31. The van der Waals surface area contributed by atoms with Gasteiger partial charge in [0.1, 0.15) is 23.0 Å². The molecule has 2 unspecified atom stereocenters. The van der Waals surface area contributed by atoms with Crippen molar-refractivity contribution in [2.45, 2.75) is 77.4 Å². The second kappa shape index (κ2) is 19.5. The number of nitrogens with zero attached hydrogens (tertiary/aromatic N) is 10. The van der Waals surface area contributed by atoms with Crippen molar-refractivity contribution in [3.8, 4) is 11.4 Å². The second-order valence-electron chi connectivity index (χ2n) is 17.5. The lowest BCUT2D eigenvalue weighted by atomic mass is 9.89. The van der Waals surface area contributed by atoms with E-state index < -0.39 is 22.8 Å². The number of halogens is 4. The normalized spacial score (nSPS) is 18.2. The van der Waals surface area contributed by atoms with Gasteiger partial charge in [0.25, 0.3) is 22.2 Å². The number of fused-ring (bicyclic) bond motifs is 2. The van der Waals surface area contributed by atoms with E-state index in [0.29, 0.717) is 61.7 Å². The number of hydrogen-bond donors (Lipinski definition) is 0. The highest BCUT2D eigenvalue weighted by Crippen LogP contribution is 2.38. The molecule has 0 bridgehead atoms. The number of aryl methyl sites for hydroxylation is 6. The molecule has 2 aliphatic heterocycles. The minimum atomic E-state index is -0.650. The van der Waals surface area contributed by atoms with Gasteiger partial charge in [0.2, 0.25) is 0 Å². The summed E-state index contributed by atoms with van der Waals surface area (Å²) in [5.74, 6) is -1.86. The molecule has 0 aliphatic carbocycles. The van der Waals surface area contributed by atoms with Gasteiger partial charge < -0.3 is 18.6 Å². The highest BCUT2D eigenvalue weighted by Gasteiger charge is 2.32. The molecule has 2 saturated heterocycles. The van der Waals surface area contributed by atoms with Crippen molar-refractivity contribution in [3.63, 3.8) is 0 Å². The molecule has 8 aromatic rings. The number of rotatable bonds is 6. The molecular weight excluding hydrogens is 946 g/mol. The Hall–Kier alpha value is -6.86. The number of ether oxygens (including phenoxy) is 2. The third-order valence-electron chi connectivity index (χ3n) is 12.9. The van der Waals surface area contributed by atoms with Crippen LogP contribution >= 0.6 is 23.2 Å². The van der Waals surface area contributed by atoms with E-state index in [0.717, 1.165) is 23.3 Å². The predicted octanol–water partition coefficient (Wildman–Crippen LogP) is 7.84. The minimum absolute atomic E-state index is 0.0285. The van der Waals surface area contributed by atoms with E-state index in [9.17, 15) is 28.0 Å².